The molecule has 0 bridgehead atoms. The van der Waals surface area contributed by atoms with E-state index in [0.29, 0.717) is 0 Å². The molecule has 2 heterocycles. The Labute approximate surface area is 226 Å². The number of aromatic nitrogens is 1. The van der Waals surface area contributed by atoms with Gasteiger partial charge in [0, 0.05) is 46.7 Å². The molecule has 0 atom stereocenters. The summed E-state index contributed by atoms with van der Waals surface area (Å²) >= 11 is 5.59. The molecular weight excluding hydrogens is 534 g/mol. The van der Waals surface area contributed by atoms with Crippen LogP contribution in [0, 0.1) is 0 Å². The Morgan fingerprint density at radius 3 is 2.27 bits per heavy atom. The predicted octanol–water partition coefficient (Wildman–Crippen LogP) is 10.7. The molecular formula is C34H20BrNS. The Morgan fingerprint density at radius 1 is 0.595 bits per heavy atom. The SMILES string of the molecule is Brc1cccc(-c2cc3c4ccccc4n(-c4ccc5ccccc5c4)c3c3c2sc2ccccc23)c1. The molecule has 8 rings (SSSR count). The summed E-state index contributed by atoms with van der Waals surface area (Å²) in [7, 11) is 0. The number of hydrogen-bond donors (Lipinski definition) is 0. The molecule has 1 nitrogen and oxygen atoms in total. The van der Waals surface area contributed by atoms with Gasteiger partial charge in [-0.1, -0.05) is 94.8 Å². The van der Waals surface area contributed by atoms with E-state index >= 15 is 0 Å². The van der Waals surface area contributed by atoms with Gasteiger partial charge in [-0.3, -0.25) is 0 Å². The van der Waals surface area contributed by atoms with Gasteiger partial charge in [0.15, 0.2) is 0 Å². The molecule has 8 aromatic rings. The molecule has 0 aliphatic heterocycles. The van der Waals surface area contributed by atoms with Crippen molar-refractivity contribution in [2.24, 2.45) is 0 Å². The number of para-hydroxylation sites is 1. The second-order valence-electron chi connectivity index (χ2n) is 9.52. The summed E-state index contributed by atoms with van der Waals surface area (Å²) in [5.74, 6) is 0. The number of nitrogens with zero attached hydrogens (tertiary/aromatic N) is 1. The van der Waals surface area contributed by atoms with Crippen LogP contribution in [0.4, 0.5) is 0 Å². The van der Waals surface area contributed by atoms with Crippen LogP contribution >= 0.6 is 27.3 Å². The first-order valence-electron chi connectivity index (χ1n) is 12.4. The van der Waals surface area contributed by atoms with Crippen LogP contribution in [0.1, 0.15) is 0 Å². The molecule has 0 unspecified atom stereocenters. The zero-order valence-corrected chi connectivity index (χ0v) is 22.2. The van der Waals surface area contributed by atoms with E-state index in [1.54, 1.807) is 0 Å². The molecule has 0 radical (unpaired) electrons. The number of fused-ring (bicyclic) bond motifs is 8. The highest BCUT2D eigenvalue weighted by Gasteiger charge is 2.21. The number of hydrogen-bond acceptors (Lipinski definition) is 1. The van der Waals surface area contributed by atoms with Crippen molar-refractivity contribution in [3.8, 4) is 16.8 Å². The van der Waals surface area contributed by atoms with Crippen LogP contribution < -0.4 is 0 Å². The third-order valence-corrected chi connectivity index (χ3v) is 9.10. The molecule has 0 amide bonds. The van der Waals surface area contributed by atoms with E-state index in [9.17, 15) is 0 Å². The van der Waals surface area contributed by atoms with Gasteiger partial charge in [0.05, 0.1) is 11.0 Å². The first kappa shape index (κ1) is 21.2. The van der Waals surface area contributed by atoms with Crippen molar-refractivity contribution in [1.82, 2.24) is 4.57 Å². The van der Waals surface area contributed by atoms with E-state index in [0.717, 1.165) is 4.47 Å². The Kier molecular flexibility index (Phi) is 4.61. The van der Waals surface area contributed by atoms with Gasteiger partial charge >= 0.3 is 0 Å². The average molecular weight is 555 g/mol. The van der Waals surface area contributed by atoms with Crippen LogP contribution in [0.2, 0.25) is 0 Å². The first-order valence-corrected chi connectivity index (χ1v) is 14.0. The molecule has 37 heavy (non-hydrogen) atoms. The van der Waals surface area contributed by atoms with Crippen molar-refractivity contribution in [1.29, 1.82) is 0 Å². The molecule has 0 N–H and O–H groups in total. The lowest BCUT2D eigenvalue weighted by atomic mass is 9.99. The molecule has 0 fully saturated rings. The maximum atomic E-state index is 3.70. The van der Waals surface area contributed by atoms with Gasteiger partial charge in [0.1, 0.15) is 0 Å². The highest BCUT2D eigenvalue weighted by Crippen LogP contribution is 2.47. The molecule has 0 aliphatic rings. The molecule has 3 heteroatoms. The van der Waals surface area contributed by atoms with Crippen molar-refractivity contribution in [3.63, 3.8) is 0 Å². The van der Waals surface area contributed by atoms with Crippen molar-refractivity contribution >= 4 is 80.0 Å². The average Bonchev–Trinajstić information content (AvgIpc) is 3.48. The minimum absolute atomic E-state index is 1.10. The van der Waals surface area contributed by atoms with Gasteiger partial charge in [-0.15, -0.1) is 11.3 Å². The van der Waals surface area contributed by atoms with Gasteiger partial charge < -0.3 is 4.57 Å². The lowest BCUT2D eigenvalue weighted by Crippen LogP contribution is -1.94. The lowest BCUT2D eigenvalue weighted by Gasteiger charge is -2.12. The van der Waals surface area contributed by atoms with E-state index in [4.69, 9.17) is 0 Å². The van der Waals surface area contributed by atoms with Crippen molar-refractivity contribution in [3.05, 3.63) is 126 Å². The predicted molar refractivity (Wildman–Crippen MR) is 164 cm³/mol. The Bertz CT molecular complexity index is 2160. The molecule has 174 valence electrons. The van der Waals surface area contributed by atoms with Crippen LogP contribution in [0.15, 0.2) is 126 Å². The van der Waals surface area contributed by atoms with E-state index < -0.39 is 0 Å². The summed E-state index contributed by atoms with van der Waals surface area (Å²) in [5, 5.41) is 7.72. The largest absolute Gasteiger partial charge is 0.309 e. The smallest absolute Gasteiger partial charge is 0.0634 e. The molecule has 0 saturated carbocycles. The van der Waals surface area contributed by atoms with Gasteiger partial charge in [-0.2, -0.15) is 0 Å². The Balaban J connectivity index is 1.61. The minimum atomic E-state index is 1.10. The van der Waals surface area contributed by atoms with Crippen LogP contribution in [0.25, 0.3) is 69.6 Å². The zero-order chi connectivity index (χ0) is 24.5. The fourth-order valence-corrected chi connectivity index (χ4v) is 7.43. The number of benzene rings is 6. The maximum Gasteiger partial charge on any atom is 0.0634 e. The topological polar surface area (TPSA) is 4.93 Å². The number of halogens is 1. The van der Waals surface area contributed by atoms with Crippen molar-refractivity contribution in [2.45, 2.75) is 0 Å². The molecule has 6 aromatic carbocycles. The van der Waals surface area contributed by atoms with Gasteiger partial charge in [0.2, 0.25) is 0 Å². The summed E-state index contributed by atoms with van der Waals surface area (Å²) in [4.78, 5) is 0. The van der Waals surface area contributed by atoms with Crippen molar-refractivity contribution < 1.29 is 0 Å². The van der Waals surface area contributed by atoms with Crippen molar-refractivity contribution in [2.75, 3.05) is 0 Å². The Hall–Kier alpha value is -3.92. The van der Waals surface area contributed by atoms with Gasteiger partial charge in [0.25, 0.3) is 0 Å². The second kappa shape index (κ2) is 8.04. The number of rotatable bonds is 2. The summed E-state index contributed by atoms with van der Waals surface area (Å²) < 4.78 is 6.22. The van der Waals surface area contributed by atoms with E-state index in [2.05, 4.69) is 142 Å². The maximum absolute atomic E-state index is 3.70. The van der Waals surface area contributed by atoms with Crippen LogP contribution in [0.3, 0.4) is 0 Å². The van der Waals surface area contributed by atoms with Gasteiger partial charge in [-0.05, 0) is 58.8 Å². The standard InChI is InChI=1S/C34H20BrNS/c35-24-11-7-10-23(18-24)28-20-29-26-12-3-5-14-30(26)36(25-17-16-21-8-1-2-9-22(21)19-25)33(29)32-27-13-4-6-15-31(27)37-34(28)32/h1-20H. The monoisotopic (exact) mass is 553 g/mol. The summed E-state index contributed by atoms with van der Waals surface area (Å²) in [6.07, 6.45) is 0. The lowest BCUT2D eigenvalue weighted by molar-refractivity contribution is 1.19. The molecule has 0 aliphatic carbocycles. The number of thiophene rings is 1. The quantitative estimate of drug-likeness (QED) is 0.200. The Morgan fingerprint density at radius 2 is 1.38 bits per heavy atom. The highest BCUT2D eigenvalue weighted by atomic mass is 79.9. The first-order chi connectivity index (χ1) is 18.3. The molecule has 0 spiro atoms. The fourth-order valence-electron chi connectivity index (χ4n) is 5.79. The summed E-state index contributed by atoms with van der Waals surface area (Å²) in [6, 6.07) is 44.2. The van der Waals surface area contributed by atoms with Crippen LogP contribution in [-0.4, -0.2) is 4.57 Å². The zero-order valence-electron chi connectivity index (χ0n) is 19.8. The molecule has 2 aromatic heterocycles. The normalized spacial score (nSPS) is 11.9. The fraction of sp³-hybridized carbons (Fsp3) is 0. The molecule has 0 saturated heterocycles. The van der Waals surface area contributed by atoms with Gasteiger partial charge in [-0.25, -0.2) is 0 Å². The van der Waals surface area contributed by atoms with E-state index in [-0.39, 0.29) is 0 Å². The second-order valence-corrected chi connectivity index (χ2v) is 11.5. The third kappa shape index (κ3) is 3.14. The third-order valence-electron chi connectivity index (χ3n) is 7.41. The van der Waals surface area contributed by atoms with E-state index in [1.807, 2.05) is 11.3 Å². The highest BCUT2D eigenvalue weighted by molar-refractivity contribution is 9.10. The van der Waals surface area contributed by atoms with Crippen LogP contribution in [-0.2, 0) is 0 Å². The summed E-state index contributed by atoms with van der Waals surface area (Å²) in [6.45, 7) is 0. The minimum Gasteiger partial charge on any atom is -0.309 e. The van der Waals surface area contributed by atoms with Crippen LogP contribution in [0.5, 0.6) is 0 Å². The summed E-state index contributed by atoms with van der Waals surface area (Å²) in [5.41, 5.74) is 6.22. The van der Waals surface area contributed by atoms with E-state index in [1.165, 1.54) is 69.6 Å².